The third kappa shape index (κ3) is 4.33. The van der Waals surface area contributed by atoms with E-state index in [1.165, 1.54) is 41.2 Å². The van der Waals surface area contributed by atoms with Crippen molar-refractivity contribution in [3.63, 3.8) is 0 Å². The Morgan fingerprint density at radius 3 is 2.78 bits per heavy atom. The molecular weight excluding hydrogens is 376 g/mol. The van der Waals surface area contributed by atoms with E-state index in [-0.39, 0.29) is 40.3 Å². The minimum absolute atomic E-state index is 0.0542. The first-order valence-corrected chi connectivity index (χ1v) is 8.01. The van der Waals surface area contributed by atoms with Crippen molar-refractivity contribution in [2.24, 2.45) is 0 Å². The van der Waals surface area contributed by atoms with Crippen LogP contribution in [0.2, 0.25) is 5.02 Å². The summed E-state index contributed by atoms with van der Waals surface area (Å²) in [6.07, 6.45) is 1.53. The largest absolute Gasteiger partial charge is 0.506 e. The average Bonchev–Trinajstić information content (AvgIpc) is 3.11. The number of nitrogens with one attached hydrogen (secondary N) is 1. The molecule has 0 bridgehead atoms. The number of anilines is 1. The molecule has 27 heavy (non-hydrogen) atoms. The number of aromatic nitrogens is 2. The van der Waals surface area contributed by atoms with Gasteiger partial charge in [0.05, 0.1) is 15.6 Å². The molecule has 9 nitrogen and oxygen atoms in total. The summed E-state index contributed by atoms with van der Waals surface area (Å²) < 4.78 is 6.82. The molecule has 0 saturated heterocycles. The number of nitro benzene ring substituents is 1. The predicted octanol–water partition coefficient (Wildman–Crippen LogP) is 3.44. The molecule has 0 spiro atoms. The number of carbonyl (C=O) groups is 1. The molecular formula is C17H13ClN4O5. The first kappa shape index (κ1) is 18.2. The van der Waals surface area contributed by atoms with Gasteiger partial charge in [-0.15, -0.1) is 0 Å². The Balaban J connectivity index is 1.63. The van der Waals surface area contributed by atoms with Crippen molar-refractivity contribution in [3.8, 4) is 11.5 Å². The van der Waals surface area contributed by atoms with Crippen LogP contribution in [-0.4, -0.2) is 25.7 Å². The lowest BCUT2D eigenvalue weighted by Gasteiger charge is -2.08. The average molecular weight is 389 g/mol. The van der Waals surface area contributed by atoms with Gasteiger partial charge in [0.1, 0.15) is 11.5 Å². The number of rotatable bonds is 6. The van der Waals surface area contributed by atoms with E-state index in [1.54, 1.807) is 18.2 Å². The highest BCUT2D eigenvalue weighted by Crippen LogP contribution is 2.28. The molecule has 10 heteroatoms. The first-order valence-electron chi connectivity index (χ1n) is 7.63. The van der Waals surface area contributed by atoms with E-state index in [0.717, 1.165) is 0 Å². The van der Waals surface area contributed by atoms with Gasteiger partial charge in [0.25, 0.3) is 11.6 Å². The van der Waals surface area contributed by atoms with Crippen LogP contribution in [-0.2, 0) is 6.73 Å². The Hall–Kier alpha value is -3.59. The lowest BCUT2D eigenvalue weighted by Crippen LogP contribution is -2.14. The molecule has 3 aromatic rings. The number of carbonyl (C=O) groups excluding carboxylic acids is 1. The molecule has 3 rings (SSSR count). The predicted molar refractivity (Wildman–Crippen MR) is 97.0 cm³/mol. The smallest absolute Gasteiger partial charge is 0.276 e. The van der Waals surface area contributed by atoms with Gasteiger partial charge in [0, 0.05) is 18.3 Å². The van der Waals surface area contributed by atoms with E-state index >= 15 is 0 Å². The molecule has 0 radical (unpaired) electrons. The zero-order valence-corrected chi connectivity index (χ0v) is 14.5. The van der Waals surface area contributed by atoms with E-state index in [0.29, 0.717) is 0 Å². The summed E-state index contributed by atoms with van der Waals surface area (Å²) in [4.78, 5) is 22.3. The monoisotopic (exact) mass is 388 g/mol. The van der Waals surface area contributed by atoms with E-state index in [1.807, 2.05) is 0 Å². The lowest BCUT2D eigenvalue weighted by molar-refractivity contribution is -0.384. The molecule has 0 atom stereocenters. The van der Waals surface area contributed by atoms with E-state index < -0.39 is 10.8 Å². The molecule has 0 aliphatic rings. The van der Waals surface area contributed by atoms with Crippen LogP contribution >= 0.6 is 11.6 Å². The van der Waals surface area contributed by atoms with Gasteiger partial charge in [-0.05, 0) is 24.3 Å². The quantitative estimate of drug-likeness (QED) is 0.379. The molecule has 0 fully saturated rings. The van der Waals surface area contributed by atoms with Crippen LogP contribution in [0.3, 0.4) is 0 Å². The Kier molecular flexibility index (Phi) is 5.23. The van der Waals surface area contributed by atoms with Gasteiger partial charge in [-0.1, -0.05) is 23.7 Å². The zero-order valence-electron chi connectivity index (χ0n) is 13.7. The number of amides is 1. The Morgan fingerprint density at radius 2 is 2.07 bits per heavy atom. The topological polar surface area (TPSA) is 120 Å². The third-order valence-electron chi connectivity index (χ3n) is 3.50. The summed E-state index contributed by atoms with van der Waals surface area (Å²) in [6.45, 7) is -0.0542. The second-order valence-corrected chi connectivity index (χ2v) is 5.76. The van der Waals surface area contributed by atoms with Gasteiger partial charge in [-0.25, -0.2) is 4.68 Å². The molecule has 1 amide bonds. The first-order chi connectivity index (χ1) is 12.9. The summed E-state index contributed by atoms with van der Waals surface area (Å²) in [5.41, 5.74) is 0.247. The number of para-hydroxylation sites is 2. The maximum atomic E-state index is 12.2. The highest BCUT2D eigenvalue weighted by Gasteiger charge is 2.13. The van der Waals surface area contributed by atoms with Crippen LogP contribution in [0.5, 0.6) is 11.5 Å². The fourth-order valence-electron chi connectivity index (χ4n) is 2.18. The summed E-state index contributed by atoms with van der Waals surface area (Å²) in [5, 5.41) is 27.1. The lowest BCUT2D eigenvalue weighted by atomic mass is 10.3. The number of benzene rings is 2. The van der Waals surface area contributed by atoms with Crippen LogP contribution in [0.15, 0.2) is 54.7 Å². The number of non-ortho nitro benzene ring substituents is 1. The maximum absolute atomic E-state index is 12.2. The highest BCUT2D eigenvalue weighted by atomic mass is 35.5. The SMILES string of the molecule is O=C(Nc1ccccc1O)c1ccn(COc2ccc([N+](=O)[O-])cc2Cl)n1. The van der Waals surface area contributed by atoms with Crippen molar-refractivity contribution in [2.75, 3.05) is 5.32 Å². The van der Waals surface area contributed by atoms with E-state index in [9.17, 15) is 20.0 Å². The summed E-state index contributed by atoms with van der Waals surface area (Å²) >= 11 is 5.95. The number of nitrogens with zero attached hydrogens (tertiary/aromatic N) is 3. The maximum Gasteiger partial charge on any atom is 0.276 e. The fourth-order valence-corrected chi connectivity index (χ4v) is 2.41. The van der Waals surface area contributed by atoms with E-state index in [4.69, 9.17) is 16.3 Å². The van der Waals surface area contributed by atoms with E-state index in [2.05, 4.69) is 10.4 Å². The molecule has 2 N–H and O–H groups in total. The molecule has 0 unspecified atom stereocenters. The highest BCUT2D eigenvalue weighted by molar-refractivity contribution is 6.32. The second kappa shape index (κ2) is 7.75. The number of aromatic hydroxyl groups is 1. The number of nitro groups is 1. The van der Waals surface area contributed by atoms with Crippen molar-refractivity contribution >= 4 is 28.9 Å². The molecule has 0 saturated carbocycles. The number of hydrogen-bond acceptors (Lipinski definition) is 6. The van der Waals surface area contributed by atoms with Crippen LogP contribution < -0.4 is 10.1 Å². The number of phenolic OH excluding ortho intramolecular Hbond substituents is 1. The second-order valence-electron chi connectivity index (χ2n) is 5.36. The number of hydrogen-bond donors (Lipinski definition) is 2. The van der Waals surface area contributed by atoms with Crippen LogP contribution in [0, 0.1) is 10.1 Å². The fraction of sp³-hybridized carbons (Fsp3) is 0.0588. The zero-order chi connectivity index (χ0) is 19.4. The summed E-state index contributed by atoms with van der Waals surface area (Å²) in [5.74, 6) is -0.303. The molecule has 138 valence electrons. The van der Waals surface area contributed by atoms with Crippen LogP contribution in [0.4, 0.5) is 11.4 Å². The number of ether oxygens (including phenoxy) is 1. The van der Waals surface area contributed by atoms with Crippen molar-refractivity contribution in [1.82, 2.24) is 9.78 Å². The molecule has 0 aliphatic heterocycles. The Labute approximate surface area is 157 Å². The number of halogens is 1. The normalized spacial score (nSPS) is 10.4. The van der Waals surface area contributed by atoms with Gasteiger partial charge in [0.2, 0.25) is 0 Å². The van der Waals surface area contributed by atoms with Gasteiger partial charge >= 0.3 is 0 Å². The van der Waals surface area contributed by atoms with Crippen molar-refractivity contribution in [2.45, 2.75) is 6.73 Å². The third-order valence-corrected chi connectivity index (χ3v) is 3.80. The molecule has 0 aliphatic carbocycles. The summed E-state index contributed by atoms with van der Waals surface area (Å²) in [7, 11) is 0. The van der Waals surface area contributed by atoms with Crippen LogP contribution in [0.25, 0.3) is 0 Å². The Bertz CT molecular complexity index is 1000. The molecule has 2 aromatic carbocycles. The summed E-state index contributed by atoms with van der Waals surface area (Å²) in [6, 6.07) is 11.7. The van der Waals surface area contributed by atoms with Crippen molar-refractivity contribution in [1.29, 1.82) is 0 Å². The standard InChI is InChI=1S/C17H13ClN4O5/c18-12-9-11(22(25)26)5-6-16(12)27-10-21-8-7-14(20-21)17(24)19-13-3-1-2-4-15(13)23/h1-9,23H,10H2,(H,19,24). The molecule has 1 aromatic heterocycles. The van der Waals surface area contributed by atoms with Crippen LogP contribution in [0.1, 0.15) is 10.5 Å². The van der Waals surface area contributed by atoms with Crippen molar-refractivity contribution < 1.29 is 19.6 Å². The minimum Gasteiger partial charge on any atom is -0.506 e. The van der Waals surface area contributed by atoms with Gasteiger partial charge < -0.3 is 15.2 Å². The van der Waals surface area contributed by atoms with Gasteiger partial charge in [0.15, 0.2) is 12.4 Å². The van der Waals surface area contributed by atoms with Gasteiger partial charge in [-0.3, -0.25) is 14.9 Å². The minimum atomic E-state index is -0.557. The van der Waals surface area contributed by atoms with Gasteiger partial charge in [-0.2, -0.15) is 5.10 Å². The Morgan fingerprint density at radius 1 is 1.30 bits per heavy atom. The molecule has 1 heterocycles. The number of phenols is 1. The van der Waals surface area contributed by atoms with Crippen molar-refractivity contribution in [3.05, 3.63) is 75.6 Å².